The molecule has 1 atom stereocenters. The summed E-state index contributed by atoms with van der Waals surface area (Å²) >= 11 is 0. The van der Waals surface area contributed by atoms with Crippen LogP contribution in [-0.2, 0) is 9.53 Å². The van der Waals surface area contributed by atoms with Crippen LogP contribution in [-0.4, -0.2) is 29.4 Å². The highest BCUT2D eigenvalue weighted by Gasteiger charge is 2.24. The van der Waals surface area contributed by atoms with E-state index in [1.807, 2.05) is 24.3 Å². The fraction of sp³-hybridized carbons (Fsp3) is 0.200. The van der Waals surface area contributed by atoms with Crippen molar-refractivity contribution in [1.82, 2.24) is 4.98 Å². The SMILES string of the molecule is Cc1[nH]c2ccccc2c1C(=O)[C@H](C)OC(=O)COc1ccc(F)cc1. The number of carbonyl (C=O) groups is 2. The number of aryl methyl sites for hydroxylation is 1. The van der Waals surface area contributed by atoms with E-state index in [2.05, 4.69) is 4.98 Å². The van der Waals surface area contributed by atoms with E-state index >= 15 is 0 Å². The number of carbonyl (C=O) groups excluding carboxylic acids is 2. The third kappa shape index (κ3) is 3.74. The molecular weight excluding hydrogens is 337 g/mol. The van der Waals surface area contributed by atoms with Crippen LogP contribution in [0.5, 0.6) is 5.75 Å². The van der Waals surface area contributed by atoms with Gasteiger partial charge in [0.15, 0.2) is 12.7 Å². The first-order valence-electron chi connectivity index (χ1n) is 8.15. The molecule has 0 saturated heterocycles. The van der Waals surface area contributed by atoms with Gasteiger partial charge in [-0.2, -0.15) is 0 Å². The van der Waals surface area contributed by atoms with Crippen LogP contribution >= 0.6 is 0 Å². The minimum atomic E-state index is -0.947. The fourth-order valence-corrected chi connectivity index (χ4v) is 2.76. The lowest BCUT2D eigenvalue weighted by molar-refractivity contribution is -0.148. The smallest absolute Gasteiger partial charge is 0.344 e. The average Bonchev–Trinajstić information content (AvgIpc) is 2.96. The number of hydrogen-bond acceptors (Lipinski definition) is 4. The van der Waals surface area contributed by atoms with Crippen molar-refractivity contribution in [3.8, 4) is 5.75 Å². The minimum absolute atomic E-state index is 0.282. The fourth-order valence-electron chi connectivity index (χ4n) is 2.76. The molecule has 0 saturated carbocycles. The van der Waals surface area contributed by atoms with Crippen LogP contribution in [0.4, 0.5) is 4.39 Å². The molecule has 0 amide bonds. The van der Waals surface area contributed by atoms with Crippen LogP contribution < -0.4 is 4.74 Å². The third-order valence-corrected chi connectivity index (χ3v) is 3.99. The number of hydrogen-bond donors (Lipinski definition) is 1. The molecule has 0 radical (unpaired) electrons. The minimum Gasteiger partial charge on any atom is -0.482 e. The maximum absolute atomic E-state index is 12.8. The lowest BCUT2D eigenvalue weighted by atomic mass is 10.0. The van der Waals surface area contributed by atoms with Gasteiger partial charge in [0, 0.05) is 22.2 Å². The Morgan fingerprint density at radius 3 is 2.54 bits per heavy atom. The summed E-state index contributed by atoms with van der Waals surface area (Å²) in [4.78, 5) is 27.8. The first-order valence-corrected chi connectivity index (χ1v) is 8.15. The standard InChI is InChI=1S/C20H18FNO4/c1-12-19(16-5-3-4-6-17(16)22-12)20(24)13(2)26-18(23)11-25-15-9-7-14(21)8-10-15/h3-10,13,22H,11H2,1-2H3/t13-/m0/s1. The number of fused-ring (bicyclic) bond motifs is 1. The van der Waals surface area contributed by atoms with Crippen LogP contribution in [0.25, 0.3) is 10.9 Å². The van der Waals surface area contributed by atoms with Gasteiger partial charge in [0.25, 0.3) is 0 Å². The molecule has 1 aromatic heterocycles. The molecule has 6 heteroatoms. The Labute approximate surface area is 149 Å². The number of para-hydroxylation sites is 1. The molecule has 0 bridgehead atoms. The summed E-state index contributed by atoms with van der Waals surface area (Å²) in [6.07, 6.45) is -0.947. The van der Waals surface area contributed by atoms with Crippen molar-refractivity contribution in [2.75, 3.05) is 6.61 Å². The molecule has 0 fully saturated rings. The van der Waals surface area contributed by atoms with Crippen molar-refractivity contribution in [3.63, 3.8) is 0 Å². The first kappa shape index (κ1) is 17.7. The van der Waals surface area contributed by atoms with Gasteiger partial charge in [0.05, 0.1) is 0 Å². The zero-order valence-corrected chi connectivity index (χ0v) is 14.4. The van der Waals surface area contributed by atoms with Crippen molar-refractivity contribution in [1.29, 1.82) is 0 Å². The predicted molar refractivity (Wildman–Crippen MR) is 94.8 cm³/mol. The van der Waals surface area contributed by atoms with Gasteiger partial charge in [-0.15, -0.1) is 0 Å². The molecule has 0 unspecified atom stereocenters. The van der Waals surface area contributed by atoms with Crippen LogP contribution in [0, 0.1) is 12.7 Å². The number of rotatable bonds is 6. The monoisotopic (exact) mass is 355 g/mol. The Bertz CT molecular complexity index is 946. The maximum Gasteiger partial charge on any atom is 0.344 e. The van der Waals surface area contributed by atoms with E-state index in [1.165, 1.54) is 31.2 Å². The van der Waals surface area contributed by atoms with Crippen LogP contribution in [0.15, 0.2) is 48.5 Å². The summed E-state index contributed by atoms with van der Waals surface area (Å²) in [5.41, 5.74) is 2.09. The Hall–Kier alpha value is -3.15. The number of ketones is 1. The Morgan fingerprint density at radius 2 is 1.81 bits per heavy atom. The summed E-state index contributed by atoms with van der Waals surface area (Å²) in [7, 11) is 0. The Kier molecular flexibility index (Phi) is 5.02. The van der Waals surface area contributed by atoms with Crippen LogP contribution in [0.1, 0.15) is 23.0 Å². The first-order chi connectivity index (χ1) is 12.5. The number of halogens is 1. The van der Waals surface area contributed by atoms with E-state index in [1.54, 1.807) is 6.92 Å². The Balaban J connectivity index is 1.64. The second-order valence-corrected chi connectivity index (χ2v) is 5.91. The topological polar surface area (TPSA) is 68.4 Å². The lowest BCUT2D eigenvalue weighted by Gasteiger charge is -2.13. The lowest BCUT2D eigenvalue weighted by Crippen LogP contribution is -2.27. The number of ether oxygens (including phenoxy) is 2. The molecule has 26 heavy (non-hydrogen) atoms. The van der Waals surface area contributed by atoms with Gasteiger partial charge in [0.1, 0.15) is 11.6 Å². The quantitative estimate of drug-likeness (QED) is 0.539. The average molecular weight is 355 g/mol. The number of Topliss-reactive ketones (excluding diaryl/α,β-unsaturated/α-hetero) is 1. The van der Waals surface area contributed by atoms with E-state index in [0.717, 1.165) is 16.6 Å². The normalized spacial score (nSPS) is 12.0. The molecule has 1 heterocycles. The highest BCUT2D eigenvalue weighted by molar-refractivity contribution is 6.11. The predicted octanol–water partition coefficient (Wildman–Crippen LogP) is 3.81. The molecule has 3 aromatic rings. The summed E-state index contributed by atoms with van der Waals surface area (Å²) < 4.78 is 23.3. The van der Waals surface area contributed by atoms with Gasteiger partial charge in [-0.25, -0.2) is 9.18 Å². The highest BCUT2D eigenvalue weighted by Crippen LogP contribution is 2.23. The zero-order valence-electron chi connectivity index (χ0n) is 14.4. The van der Waals surface area contributed by atoms with Crippen molar-refractivity contribution in [2.24, 2.45) is 0 Å². The molecule has 0 aliphatic rings. The molecule has 0 spiro atoms. The van der Waals surface area contributed by atoms with E-state index < -0.39 is 17.9 Å². The summed E-state index contributed by atoms with van der Waals surface area (Å²) in [5, 5.41) is 0.792. The molecule has 0 aliphatic carbocycles. The zero-order chi connectivity index (χ0) is 18.7. The van der Waals surface area contributed by atoms with Gasteiger partial charge in [-0.1, -0.05) is 18.2 Å². The number of aromatic nitrogens is 1. The molecule has 2 aromatic carbocycles. The second kappa shape index (κ2) is 7.39. The number of aromatic amines is 1. The number of benzene rings is 2. The van der Waals surface area contributed by atoms with E-state index in [4.69, 9.17) is 9.47 Å². The molecule has 5 nitrogen and oxygen atoms in total. The van der Waals surface area contributed by atoms with Crippen molar-refractivity contribution in [3.05, 3.63) is 65.6 Å². The number of esters is 1. The van der Waals surface area contributed by atoms with Crippen molar-refractivity contribution < 1.29 is 23.5 Å². The number of H-pyrrole nitrogens is 1. The molecule has 0 aliphatic heterocycles. The molecule has 1 N–H and O–H groups in total. The van der Waals surface area contributed by atoms with Gasteiger partial charge in [-0.05, 0) is 44.2 Å². The number of nitrogens with one attached hydrogen (secondary N) is 1. The van der Waals surface area contributed by atoms with Gasteiger partial charge >= 0.3 is 5.97 Å². The highest BCUT2D eigenvalue weighted by atomic mass is 19.1. The van der Waals surface area contributed by atoms with E-state index in [0.29, 0.717) is 11.3 Å². The molecule has 134 valence electrons. The van der Waals surface area contributed by atoms with E-state index in [9.17, 15) is 14.0 Å². The van der Waals surface area contributed by atoms with Gasteiger partial charge < -0.3 is 14.5 Å². The van der Waals surface area contributed by atoms with Crippen molar-refractivity contribution in [2.45, 2.75) is 20.0 Å². The molecular formula is C20H18FNO4. The Morgan fingerprint density at radius 1 is 1.12 bits per heavy atom. The summed E-state index contributed by atoms with van der Waals surface area (Å²) in [5.74, 6) is -1.01. The van der Waals surface area contributed by atoms with Crippen molar-refractivity contribution >= 4 is 22.7 Å². The van der Waals surface area contributed by atoms with Crippen LogP contribution in [0.3, 0.4) is 0 Å². The largest absolute Gasteiger partial charge is 0.482 e. The second-order valence-electron chi connectivity index (χ2n) is 5.91. The van der Waals surface area contributed by atoms with E-state index in [-0.39, 0.29) is 12.4 Å². The summed E-state index contributed by atoms with van der Waals surface area (Å²) in [6, 6.07) is 12.7. The summed E-state index contributed by atoms with van der Waals surface area (Å²) in [6.45, 7) is 2.97. The van der Waals surface area contributed by atoms with Gasteiger partial charge in [-0.3, -0.25) is 4.79 Å². The maximum atomic E-state index is 12.8. The molecule has 3 rings (SSSR count). The third-order valence-electron chi connectivity index (χ3n) is 3.99. The van der Waals surface area contributed by atoms with Crippen LogP contribution in [0.2, 0.25) is 0 Å². The van der Waals surface area contributed by atoms with Gasteiger partial charge in [0.2, 0.25) is 5.78 Å².